The summed E-state index contributed by atoms with van der Waals surface area (Å²) in [5.41, 5.74) is 7.80. The summed E-state index contributed by atoms with van der Waals surface area (Å²) in [7, 11) is 0. The lowest BCUT2D eigenvalue weighted by atomic mass is 9.92. The molecule has 0 radical (unpaired) electrons. The third-order valence-corrected chi connectivity index (χ3v) is 5.25. The molecule has 0 aromatic heterocycles. The van der Waals surface area contributed by atoms with Crippen molar-refractivity contribution in [2.75, 3.05) is 0 Å². The third kappa shape index (κ3) is 2.68. The van der Waals surface area contributed by atoms with E-state index in [0.29, 0.717) is 11.8 Å². The fourth-order valence-corrected chi connectivity index (χ4v) is 3.96. The van der Waals surface area contributed by atoms with Gasteiger partial charge in [0.15, 0.2) is 0 Å². The van der Waals surface area contributed by atoms with Crippen LogP contribution in [0.4, 0.5) is 5.69 Å². The highest BCUT2D eigenvalue weighted by molar-refractivity contribution is 6.18. The zero-order valence-corrected chi connectivity index (χ0v) is 15.5. The van der Waals surface area contributed by atoms with Crippen molar-refractivity contribution >= 4 is 22.2 Å². The fourth-order valence-electron chi connectivity index (χ4n) is 3.96. The standard InChI is InChI=1S/C24H25N/c1-15(2)19-11-7-12-20(16(3)4)24(19)25-22-14-18-10-5-8-17-9-6-13-21(22)23(17)18/h5-13,15-16H,14H2,1-4H3. The summed E-state index contributed by atoms with van der Waals surface area (Å²) >= 11 is 0. The first-order chi connectivity index (χ1) is 12.1. The number of rotatable bonds is 3. The second-order valence-electron chi connectivity index (χ2n) is 7.65. The summed E-state index contributed by atoms with van der Waals surface area (Å²) in [6.07, 6.45) is 0.931. The van der Waals surface area contributed by atoms with Crippen molar-refractivity contribution in [1.29, 1.82) is 0 Å². The van der Waals surface area contributed by atoms with Gasteiger partial charge >= 0.3 is 0 Å². The number of para-hydroxylation sites is 1. The molecular weight excluding hydrogens is 302 g/mol. The van der Waals surface area contributed by atoms with E-state index >= 15 is 0 Å². The first kappa shape index (κ1) is 16.1. The van der Waals surface area contributed by atoms with Crippen LogP contribution in [0.5, 0.6) is 0 Å². The highest BCUT2D eigenvalue weighted by Crippen LogP contribution is 2.38. The molecule has 0 amide bonds. The molecule has 0 aliphatic heterocycles. The molecule has 1 aliphatic carbocycles. The Labute approximate surface area is 150 Å². The van der Waals surface area contributed by atoms with Crippen LogP contribution in [0.1, 0.15) is 61.8 Å². The van der Waals surface area contributed by atoms with Gasteiger partial charge in [-0.1, -0.05) is 82.3 Å². The van der Waals surface area contributed by atoms with E-state index in [-0.39, 0.29) is 0 Å². The number of nitrogens with zero attached hydrogens (tertiary/aromatic N) is 1. The normalized spacial score (nSPS) is 15.0. The molecule has 0 N–H and O–H groups in total. The Morgan fingerprint density at radius 2 is 1.36 bits per heavy atom. The zero-order valence-electron chi connectivity index (χ0n) is 15.5. The third-order valence-electron chi connectivity index (χ3n) is 5.25. The summed E-state index contributed by atoms with van der Waals surface area (Å²) in [6.45, 7) is 9.03. The average Bonchev–Trinajstić information content (AvgIpc) is 2.95. The van der Waals surface area contributed by atoms with Gasteiger partial charge in [0.25, 0.3) is 0 Å². The Kier molecular flexibility index (Phi) is 3.95. The van der Waals surface area contributed by atoms with Gasteiger partial charge in [0, 0.05) is 12.0 Å². The molecule has 1 aliphatic rings. The molecule has 0 spiro atoms. The molecule has 0 unspecified atom stereocenters. The van der Waals surface area contributed by atoms with Gasteiger partial charge in [-0.05, 0) is 39.3 Å². The zero-order chi connectivity index (χ0) is 17.6. The van der Waals surface area contributed by atoms with Crippen LogP contribution in [-0.2, 0) is 6.42 Å². The monoisotopic (exact) mass is 327 g/mol. The second kappa shape index (κ2) is 6.15. The number of hydrogen-bond donors (Lipinski definition) is 0. The van der Waals surface area contributed by atoms with Crippen molar-refractivity contribution in [3.63, 3.8) is 0 Å². The maximum atomic E-state index is 5.26. The molecule has 0 atom stereocenters. The van der Waals surface area contributed by atoms with Crippen molar-refractivity contribution in [3.05, 3.63) is 76.9 Å². The number of hydrogen-bond acceptors (Lipinski definition) is 1. The molecular formula is C24H25N. The van der Waals surface area contributed by atoms with E-state index in [4.69, 9.17) is 4.99 Å². The van der Waals surface area contributed by atoms with E-state index in [1.807, 2.05) is 0 Å². The van der Waals surface area contributed by atoms with Crippen LogP contribution in [0.3, 0.4) is 0 Å². The summed E-state index contributed by atoms with van der Waals surface area (Å²) in [5.74, 6) is 0.940. The average molecular weight is 327 g/mol. The summed E-state index contributed by atoms with van der Waals surface area (Å²) in [5, 5.41) is 2.71. The first-order valence-electron chi connectivity index (χ1n) is 9.27. The fraction of sp³-hybridized carbons (Fsp3) is 0.292. The summed E-state index contributed by atoms with van der Waals surface area (Å²) < 4.78 is 0. The highest BCUT2D eigenvalue weighted by atomic mass is 14.8. The quantitative estimate of drug-likeness (QED) is 0.503. The second-order valence-corrected chi connectivity index (χ2v) is 7.65. The molecule has 0 saturated heterocycles. The Hall–Kier alpha value is -2.41. The number of benzene rings is 3. The minimum atomic E-state index is 0.470. The van der Waals surface area contributed by atoms with Crippen molar-refractivity contribution in [3.8, 4) is 0 Å². The van der Waals surface area contributed by atoms with Gasteiger partial charge in [-0.3, -0.25) is 4.99 Å². The molecule has 0 heterocycles. The van der Waals surface area contributed by atoms with Crippen LogP contribution in [0, 0.1) is 0 Å². The predicted octanol–water partition coefficient (Wildman–Crippen LogP) is 6.76. The SMILES string of the molecule is CC(C)c1cccc(C(C)C)c1N=C1Cc2cccc3cccc1c23. The van der Waals surface area contributed by atoms with Crippen LogP contribution in [0.2, 0.25) is 0 Å². The molecule has 0 fully saturated rings. The molecule has 0 bridgehead atoms. The van der Waals surface area contributed by atoms with Crippen LogP contribution >= 0.6 is 0 Å². The first-order valence-corrected chi connectivity index (χ1v) is 9.27. The van der Waals surface area contributed by atoms with Crippen molar-refractivity contribution in [1.82, 2.24) is 0 Å². The Bertz CT molecular complexity index is 945. The van der Waals surface area contributed by atoms with Crippen LogP contribution in [-0.4, -0.2) is 5.71 Å². The minimum absolute atomic E-state index is 0.470. The van der Waals surface area contributed by atoms with Gasteiger partial charge in [-0.2, -0.15) is 0 Å². The Balaban J connectivity index is 1.93. The molecule has 25 heavy (non-hydrogen) atoms. The number of aliphatic imine (C=N–C) groups is 1. The van der Waals surface area contributed by atoms with E-state index in [1.54, 1.807) is 0 Å². The smallest absolute Gasteiger partial charge is 0.0702 e. The van der Waals surface area contributed by atoms with E-state index in [9.17, 15) is 0 Å². The topological polar surface area (TPSA) is 12.4 Å². The van der Waals surface area contributed by atoms with Gasteiger partial charge in [-0.15, -0.1) is 0 Å². The van der Waals surface area contributed by atoms with Gasteiger partial charge in [0.1, 0.15) is 0 Å². The van der Waals surface area contributed by atoms with Gasteiger partial charge in [0.05, 0.1) is 11.4 Å². The van der Waals surface area contributed by atoms with Gasteiger partial charge in [-0.25, -0.2) is 0 Å². The Morgan fingerprint density at radius 1 is 0.760 bits per heavy atom. The maximum absolute atomic E-state index is 5.26. The van der Waals surface area contributed by atoms with Crippen molar-refractivity contribution in [2.45, 2.75) is 46.0 Å². The van der Waals surface area contributed by atoms with E-state index in [0.717, 1.165) is 6.42 Å². The highest BCUT2D eigenvalue weighted by Gasteiger charge is 2.21. The van der Waals surface area contributed by atoms with Gasteiger partial charge < -0.3 is 0 Å². The molecule has 0 saturated carbocycles. The van der Waals surface area contributed by atoms with E-state index in [2.05, 4.69) is 82.3 Å². The van der Waals surface area contributed by atoms with E-state index in [1.165, 1.54) is 44.4 Å². The Morgan fingerprint density at radius 3 is 2.00 bits per heavy atom. The van der Waals surface area contributed by atoms with Crippen molar-refractivity contribution in [2.24, 2.45) is 4.99 Å². The lowest BCUT2D eigenvalue weighted by Gasteiger charge is -2.17. The molecule has 3 aromatic rings. The minimum Gasteiger partial charge on any atom is -0.252 e. The summed E-state index contributed by atoms with van der Waals surface area (Å²) in [6, 6.07) is 19.8. The van der Waals surface area contributed by atoms with Gasteiger partial charge in [0.2, 0.25) is 0 Å². The van der Waals surface area contributed by atoms with Crippen LogP contribution in [0.25, 0.3) is 10.8 Å². The molecule has 1 nitrogen and oxygen atoms in total. The predicted molar refractivity (Wildman–Crippen MR) is 108 cm³/mol. The molecule has 1 heteroatoms. The largest absolute Gasteiger partial charge is 0.252 e. The maximum Gasteiger partial charge on any atom is 0.0702 e. The van der Waals surface area contributed by atoms with Crippen molar-refractivity contribution < 1.29 is 0 Å². The molecule has 3 aromatic carbocycles. The lowest BCUT2D eigenvalue weighted by molar-refractivity contribution is 0.834. The molecule has 4 rings (SSSR count). The van der Waals surface area contributed by atoms with Crippen LogP contribution < -0.4 is 0 Å². The molecule has 126 valence electrons. The summed E-state index contributed by atoms with van der Waals surface area (Å²) in [4.78, 5) is 5.26. The lowest BCUT2D eigenvalue weighted by Crippen LogP contribution is -2.01. The van der Waals surface area contributed by atoms with E-state index < -0.39 is 0 Å². The van der Waals surface area contributed by atoms with Crippen LogP contribution in [0.15, 0.2) is 59.6 Å².